The summed E-state index contributed by atoms with van der Waals surface area (Å²) >= 11 is 0. The Morgan fingerprint density at radius 3 is 2.18 bits per heavy atom. The molecule has 190 valence electrons. The average molecular weight is 505 g/mol. The van der Waals surface area contributed by atoms with Gasteiger partial charge < -0.3 is 38.9 Å². The number of aromatic nitrogens is 4. The third kappa shape index (κ3) is 8.09. The predicted molar refractivity (Wildman–Crippen MR) is 115 cm³/mol. The lowest BCUT2D eigenvalue weighted by Crippen LogP contribution is -2.30. The molecule has 0 aromatic carbocycles. The molecular formula is C18H28N5O10P. The number of carbonyl (C=O) groups excluding carboxylic acids is 2. The standard InChI is InChI=1S/C18H28N5O10P/c1-10(2)29-16(24)31-18(32-17(25)30-11(3)4)33-34(26,27)12(5)28-7-6-23-9-22-13-14(19)20-8-21-15(13)23/h8-12,18H,6-7H2,1-5H3,(H,26,27)(H2,19,20,21). The maximum absolute atomic E-state index is 12.7. The number of hydrogen-bond donors (Lipinski definition) is 2. The Hall–Kier alpha value is -3.00. The summed E-state index contributed by atoms with van der Waals surface area (Å²) < 4.78 is 43.4. The fourth-order valence-corrected chi connectivity index (χ4v) is 3.15. The molecule has 0 amide bonds. The Morgan fingerprint density at radius 1 is 1.03 bits per heavy atom. The Bertz CT molecular complexity index is 1010. The van der Waals surface area contributed by atoms with Crippen molar-refractivity contribution in [1.82, 2.24) is 19.5 Å². The highest BCUT2D eigenvalue weighted by Crippen LogP contribution is 2.49. The number of hydrogen-bond acceptors (Lipinski definition) is 13. The number of nitrogens with two attached hydrogens (primary N) is 1. The topological polar surface area (TPSA) is 196 Å². The van der Waals surface area contributed by atoms with Gasteiger partial charge in [-0.25, -0.2) is 29.1 Å². The van der Waals surface area contributed by atoms with Crippen molar-refractivity contribution in [1.29, 1.82) is 0 Å². The van der Waals surface area contributed by atoms with Crippen LogP contribution in [0, 0.1) is 0 Å². The maximum Gasteiger partial charge on any atom is 0.513 e. The van der Waals surface area contributed by atoms with Gasteiger partial charge >= 0.3 is 26.4 Å². The Kier molecular flexibility index (Phi) is 9.55. The van der Waals surface area contributed by atoms with Gasteiger partial charge in [0.15, 0.2) is 17.3 Å². The van der Waals surface area contributed by atoms with Gasteiger partial charge in [0, 0.05) is 6.54 Å². The van der Waals surface area contributed by atoms with E-state index in [-0.39, 0.29) is 19.0 Å². The summed E-state index contributed by atoms with van der Waals surface area (Å²) in [5, 5.41) is 0. The molecule has 16 heteroatoms. The third-order valence-corrected chi connectivity index (χ3v) is 5.41. The lowest BCUT2D eigenvalue weighted by Gasteiger charge is -2.24. The van der Waals surface area contributed by atoms with Gasteiger partial charge in [-0.2, -0.15) is 0 Å². The van der Waals surface area contributed by atoms with Gasteiger partial charge in [-0.3, -0.25) is 4.57 Å². The molecule has 0 fully saturated rings. The first-order chi connectivity index (χ1) is 15.9. The summed E-state index contributed by atoms with van der Waals surface area (Å²) in [7, 11) is -4.64. The van der Waals surface area contributed by atoms with Crippen LogP contribution >= 0.6 is 7.60 Å². The van der Waals surface area contributed by atoms with Gasteiger partial charge in [-0.1, -0.05) is 0 Å². The zero-order valence-electron chi connectivity index (χ0n) is 19.3. The second-order valence-electron chi connectivity index (χ2n) is 7.37. The molecular weight excluding hydrogens is 477 g/mol. The fraction of sp³-hybridized carbons (Fsp3) is 0.611. The van der Waals surface area contributed by atoms with E-state index >= 15 is 0 Å². The number of anilines is 1. The lowest BCUT2D eigenvalue weighted by molar-refractivity contribution is -0.210. The molecule has 2 atom stereocenters. The first-order valence-electron chi connectivity index (χ1n) is 10.2. The summed E-state index contributed by atoms with van der Waals surface area (Å²) in [4.78, 5) is 45.9. The van der Waals surface area contributed by atoms with Gasteiger partial charge in [-0.05, 0) is 34.6 Å². The Labute approximate surface area is 195 Å². The molecule has 2 rings (SSSR count). The van der Waals surface area contributed by atoms with Gasteiger partial charge in [0.05, 0.1) is 25.1 Å². The minimum Gasteiger partial charge on any atom is -0.431 e. The quantitative estimate of drug-likeness (QED) is 0.256. The van der Waals surface area contributed by atoms with E-state index in [1.807, 2.05) is 0 Å². The van der Waals surface area contributed by atoms with Gasteiger partial charge in [0.1, 0.15) is 11.8 Å². The monoisotopic (exact) mass is 505 g/mol. The highest BCUT2D eigenvalue weighted by Gasteiger charge is 2.37. The minimum absolute atomic E-state index is 0.0540. The molecule has 15 nitrogen and oxygen atoms in total. The van der Waals surface area contributed by atoms with Gasteiger partial charge in [-0.15, -0.1) is 0 Å². The van der Waals surface area contributed by atoms with Crippen LogP contribution in [-0.4, -0.2) is 67.9 Å². The highest BCUT2D eigenvalue weighted by molar-refractivity contribution is 7.53. The number of nitrogen functional groups attached to an aromatic ring is 1. The van der Waals surface area contributed by atoms with Crippen LogP contribution in [-0.2, 0) is 39.3 Å². The van der Waals surface area contributed by atoms with Crippen molar-refractivity contribution in [3.05, 3.63) is 12.7 Å². The van der Waals surface area contributed by atoms with E-state index in [1.165, 1.54) is 19.6 Å². The molecule has 0 radical (unpaired) electrons. The maximum atomic E-state index is 12.7. The number of carbonyl (C=O) groups is 2. The highest BCUT2D eigenvalue weighted by atomic mass is 31.2. The molecule has 0 aliphatic rings. The van der Waals surface area contributed by atoms with Crippen molar-refractivity contribution >= 4 is 36.9 Å². The van der Waals surface area contributed by atoms with Crippen LogP contribution in [0.3, 0.4) is 0 Å². The first kappa shape index (κ1) is 27.2. The van der Waals surface area contributed by atoms with E-state index in [0.717, 1.165) is 0 Å². The van der Waals surface area contributed by atoms with Crippen LogP contribution < -0.4 is 5.73 Å². The van der Waals surface area contributed by atoms with Crippen LogP contribution in [0.25, 0.3) is 11.2 Å². The SMILES string of the molecule is CC(C)OC(=O)OC(OC(=O)OC(C)C)OP(=O)(O)C(C)OCCn1cnc2c(N)ncnc21. The number of fused-ring (bicyclic) bond motifs is 1. The van der Waals surface area contributed by atoms with E-state index in [0.29, 0.717) is 11.2 Å². The van der Waals surface area contributed by atoms with E-state index in [1.54, 1.807) is 32.3 Å². The van der Waals surface area contributed by atoms with Gasteiger partial charge in [0.25, 0.3) is 0 Å². The summed E-state index contributed by atoms with van der Waals surface area (Å²) in [5.74, 6) is -1.19. The number of nitrogens with zero attached hydrogens (tertiary/aromatic N) is 4. The molecule has 0 bridgehead atoms. The lowest BCUT2D eigenvalue weighted by atomic mass is 10.5. The smallest absolute Gasteiger partial charge is 0.431 e. The molecule has 2 aromatic rings. The molecule has 0 saturated heterocycles. The minimum atomic E-state index is -4.64. The normalized spacial score (nSPS) is 14.3. The number of imidazole rings is 1. The molecule has 3 N–H and O–H groups in total. The largest absolute Gasteiger partial charge is 0.513 e. The first-order valence-corrected chi connectivity index (χ1v) is 11.8. The molecule has 2 heterocycles. The van der Waals surface area contributed by atoms with Crippen molar-refractivity contribution in [2.45, 2.75) is 65.7 Å². The molecule has 0 aliphatic carbocycles. The Balaban J connectivity index is 1.99. The number of ether oxygens (including phenoxy) is 5. The fourth-order valence-electron chi connectivity index (χ4n) is 2.35. The van der Waals surface area contributed by atoms with Crippen LogP contribution in [0.4, 0.5) is 15.4 Å². The van der Waals surface area contributed by atoms with Crippen LogP contribution in [0.1, 0.15) is 34.6 Å². The summed E-state index contributed by atoms with van der Waals surface area (Å²) in [6.45, 7) is 5.35. The molecule has 34 heavy (non-hydrogen) atoms. The van der Waals surface area contributed by atoms with Gasteiger partial charge in [0.2, 0.25) is 0 Å². The van der Waals surface area contributed by atoms with E-state index in [4.69, 9.17) is 24.5 Å². The predicted octanol–water partition coefficient (Wildman–Crippen LogP) is 2.38. The van der Waals surface area contributed by atoms with Crippen molar-refractivity contribution in [2.24, 2.45) is 0 Å². The summed E-state index contributed by atoms with van der Waals surface area (Å²) in [6.07, 6.45) is -0.975. The van der Waals surface area contributed by atoms with E-state index in [9.17, 15) is 19.0 Å². The molecule has 0 aliphatic heterocycles. The molecule has 0 saturated carbocycles. The summed E-state index contributed by atoms with van der Waals surface area (Å²) in [5.41, 5.74) is 6.60. The average Bonchev–Trinajstić information content (AvgIpc) is 3.10. The van der Waals surface area contributed by atoms with Crippen molar-refractivity contribution in [2.75, 3.05) is 12.3 Å². The Morgan fingerprint density at radius 2 is 1.62 bits per heavy atom. The second-order valence-corrected chi connectivity index (χ2v) is 9.43. The number of rotatable bonds is 11. The van der Waals surface area contributed by atoms with E-state index < -0.39 is 44.4 Å². The van der Waals surface area contributed by atoms with Crippen molar-refractivity contribution < 1.29 is 47.3 Å². The molecule has 2 aromatic heterocycles. The zero-order valence-corrected chi connectivity index (χ0v) is 20.2. The zero-order chi connectivity index (χ0) is 25.5. The third-order valence-electron chi connectivity index (χ3n) is 3.87. The van der Waals surface area contributed by atoms with Crippen LogP contribution in [0.15, 0.2) is 12.7 Å². The van der Waals surface area contributed by atoms with Crippen molar-refractivity contribution in [3.63, 3.8) is 0 Å². The van der Waals surface area contributed by atoms with Crippen molar-refractivity contribution in [3.8, 4) is 0 Å². The van der Waals surface area contributed by atoms with Crippen LogP contribution in [0.2, 0.25) is 0 Å². The summed E-state index contributed by atoms with van der Waals surface area (Å²) in [6, 6.07) is 0. The molecule has 2 unspecified atom stereocenters. The van der Waals surface area contributed by atoms with E-state index in [2.05, 4.69) is 24.4 Å². The second kappa shape index (κ2) is 11.9. The van der Waals surface area contributed by atoms with Crippen LogP contribution in [0.5, 0.6) is 0 Å². The molecule has 0 spiro atoms.